The molecule has 44 valence electrons. The minimum atomic E-state index is 0.941. The van der Waals surface area contributed by atoms with Crippen molar-refractivity contribution in [2.75, 3.05) is 6.26 Å². The van der Waals surface area contributed by atoms with Gasteiger partial charge in [0.05, 0.1) is 5.69 Å². The average Bonchev–Trinajstić information content (AvgIpc) is 2.19. The molecule has 2 nitrogen and oxygen atoms in total. The monoisotopic (exact) mass is 129 g/mol. The van der Waals surface area contributed by atoms with E-state index in [-0.39, 0.29) is 0 Å². The van der Waals surface area contributed by atoms with Gasteiger partial charge in [0.2, 0.25) is 0 Å². The zero-order valence-corrected chi connectivity index (χ0v) is 5.44. The summed E-state index contributed by atoms with van der Waals surface area (Å²) in [6.07, 6.45) is 3.63. The molecule has 0 bridgehead atoms. The lowest BCUT2D eigenvalue weighted by atomic mass is 10.5. The molecule has 0 aromatic carbocycles. The second-order valence-electron chi connectivity index (χ2n) is 1.42. The first-order valence-corrected chi connectivity index (χ1v) is 3.71. The molecule has 1 aromatic rings. The van der Waals surface area contributed by atoms with Crippen molar-refractivity contribution < 1.29 is 4.52 Å². The van der Waals surface area contributed by atoms with Crippen LogP contribution >= 0.6 is 11.8 Å². The van der Waals surface area contributed by atoms with E-state index in [0.717, 1.165) is 11.4 Å². The SMILES string of the molecule is CSCc1ccon1. The van der Waals surface area contributed by atoms with E-state index in [1.807, 2.05) is 12.3 Å². The Morgan fingerprint density at radius 1 is 1.88 bits per heavy atom. The first kappa shape index (κ1) is 5.69. The van der Waals surface area contributed by atoms with Gasteiger partial charge in [-0.3, -0.25) is 0 Å². The molecule has 0 radical (unpaired) electrons. The Balaban J connectivity index is 2.50. The average molecular weight is 129 g/mol. The maximum absolute atomic E-state index is 4.60. The van der Waals surface area contributed by atoms with Gasteiger partial charge in [0, 0.05) is 11.8 Å². The highest BCUT2D eigenvalue weighted by molar-refractivity contribution is 7.97. The zero-order chi connectivity index (χ0) is 5.82. The predicted molar refractivity (Wildman–Crippen MR) is 33.7 cm³/mol. The van der Waals surface area contributed by atoms with Crippen LogP contribution < -0.4 is 0 Å². The lowest BCUT2D eigenvalue weighted by Crippen LogP contribution is -1.74. The van der Waals surface area contributed by atoms with Crippen molar-refractivity contribution in [3.8, 4) is 0 Å². The number of hydrogen-bond donors (Lipinski definition) is 0. The fourth-order valence-corrected chi connectivity index (χ4v) is 0.905. The molecule has 0 aliphatic carbocycles. The van der Waals surface area contributed by atoms with Gasteiger partial charge in [-0.05, 0) is 6.26 Å². The van der Waals surface area contributed by atoms with Crippen molar-refractivity contribution in [1.29, 1.82) is 0 Å². The van der Waals surface area contributed by atoms with Crippen molar-refractivity contribution in [2.45, 2.75) is 5.75 Å². The van der Waals surface area contributed by atoms with E-state index in [0.29, 0.717) is 0 Å². The van der Waals surface area contributed by atoms with Crippen LogP contribution in [0.3, 0.4) is 0 Å². The number of rotatable bonds is 2. The van der Waals surface area contributed by atoms with E-state index in [4.69, 9.17) is 0 Å². The first-order valence-electron chi connectivity index (χ1n) is 2.31. The molecular formula is C5H7NOS. The molecule has 0 spiro atoms. The third-order valence-corrected chi connectivity index (χ3v) is 1.37. The molecule has 0 atom stereocenters. The molecule has 3 heteroatoms. The molecule has 1 aromatic heterocycles. The van der Waals surface area contributed by atoms with E-state index in [2.05, 4.69) is 9.68 Å². The van der Waals surface area contributed by atoms with Gasteiger partial charge in [0.15, 0.2) is 0 Å². The standard InChI is InChI=1S/C5H7NOS/c1-8-4-5-2-3-7-6-5/h2-3H,4H2,1H3. The quantitative estimate of drug-likeness (QED) is 0.605. The van der Waals surface area contributed by atoms with Crippen LogP contribution in [-0.4, -0.2) is 11.4 Å². The van der Waals surface area contributed by atoms with Gasteiger partial charge in [-0.15, -0.1) is 0 Å². The summed E-state index contributed by atoms with van der Waals surface area (Å²) in [5.74, 6) is 0.941. The van der Waals surface area contributed by atoms with Crippen LogP contribution in [0, 0.1) is 0 Å². The van der Waals surface area contributed by atoms with Gasteiger partial charge in [-0.2, -0.15) is 11.8 Å². The summed E-state index contributed by atoms with van der Waals surface area (Å²) in [4.78, 5) is 0. The van der Waals surface area contributed by atoms with Crippen LogP contribution in [0.4, 0.5) is 0 Å². The molecular weight excluding hydrogens is 122 g/mol. The fourth-order valence-electron chi connectivity index (χ4n) is 0.460. The Morgan fingerprint density at radius 2 is 2.75 bits per heavy atom. The van der Waals surface area contributed by atoms with Crippen LogP contribution in [0.1, 0.15) is 5.69 Å². The van der Waals surface area contributed by atoms with Crippen molar-refractivity contribution in [2.24, 2.45) is 0 Å². The molecule has 0 unspecified atom stereocenters. The van der Waals surface area contributed by atoms with E-state index in [1.54, 1.807) is 18.0 Å². The molecule has 8 heavy (non-hydrogen) atoms. The maximum Gasteiger partial charge on any atom is 0.124 e. The topological polar surface area (TPSA) is 26.0 Å². The minimum absolute atomic E-state index is 0.941. The summed E-state index contributed by atoms with van der Waals surface area (Å²) >= 11 is 1.74. The molecule has 0 saturated heterocycles. The Bertz CT molecular complexity index is 138. The summed E-state index contributed by atoms with van der Waals surface area (Å²) in [6.45, 7) is 0. The van der Waals surface area contributed by atoms with Gasteiger partial charge >= 0.3 is 0 Å². The third kappa shape index (κ3) is 1.26. The first-order chi connectivity index (χ1) is 3.93. The van der Waals surface area contributed by atoms with Crippen LogP contribution in [0.2, 0.25) is 0 Å². The summed E-state index contributed by atoms with van der Waals surface area (Å²) < 4.78 is 4.60. The van der Waals surface area contributed by atoms with Gasteiger partial charge in [-0.25, -0.2) is 0 Å². The lowest BCUT2D eigenvalue weighted by molar-refractivity contribution is 0.414. The van der Waals surface area contributed by atoms with Crippen molar-refractivity contribution >= 4 is 11.8 Å². The number of hydrogen-bond acceptors (Lipinski definition) is 3. The van der Waals surface area contributed by atoms with Gasteiger partial charge in [-0.1, -0.05) is 5.16 Å². The molecule has 0 fully saturated rings. The Hall–Kier alpha value is -0.440. The predicted octanol–water partition coefficient (Wildman–Crippen LogP) is 1.54. The van der Waals surface area contributed by atoms with Crippen LogP contribution in [-0.2, 0) is 5.75 Å². The fraction of sp³-hybridized carbons (Fsp3) is 0.400. The normalized spacial score (nSPS) is 9.62. The summed E-state index contributed by atoms with van der Waals surface area (Å²) in [5.41, 5.74) is 1.01. The van der Waals surface area contributed by atoms with Gasteiger partial charge in [0.25, 0.3) is 0 Å². The summed E-state index contributed by atoms with van der Waals surface area (Å²) in [6, 6.07) is 1.87. The molecule has 1 heterocycles. The van der Waals surface area contributed by atoms with Crippen LogP contribution in [0.5, 0.6) is 0 Å². The van der Waals surface area contributed by atoms with Crippen LogP contribution in [0.25, 0.3) is 0 Å². The maximum atomic E-state index is 4.60. The third-order valence-electron chi connectivity index (χ3n) is 0.783. The highest BCUT2D eigenvalue weighted by atomic mass is 32.2. The summed E-state index contributed by atoms with van der Waals surface area (Å²) in [7, 11) is 0. The van der Waals surface area contributed by atoms with Crippen molar-refractivity contribution in [1.82, 2.24) is 5.16 Å². The number of aromatic nitrogens is 1. The summed E-state index contributed by atoms with van der Waals surface area (Å²) in [5, 5.41) is 3.71. The number of nitrogens with zero attached hydrogens (tertiary/aromatic N) is 1. The van der Waals surface area contributed by atoms with E-state index < -0.39 is 0 Å². The Morgan fingerprint density at radius 3 is 3.25 bits per heavy atom. The Kier molecular flexibility index (Phi) is 1.97. The molecule has 0 saturated carbocycles. The zero-order valence-electron chi connectivity index (χ0n) is 4.63. The molecule has 1 rings (SSSR count). The highest BCUT2D eigenvalue weighted by Crippen LogP contribution is 2.04. The molecule has 0 amide bonds. The van der Waals surface area contributed by atoms with E-state index in [1.165, 1.54) is 0 Å². The smallest absolute Gasteiger partial charge is 0.124 e. The lowest BCUT2D eigenvalue weighted by Gasteiger charge is -1.83. The largest absolute Gasteiger partial charge is 0.364 e. The van der Waals surface area contributed by atoms with Crippen molar-refractivity contribution in [3.05, 3.63) is 18.0 Å². The van der Waals surface area contributed by atoms with Crippen molar-refractivity contribution in [3.63, 3.8) is 0 Å². The minimum Gasteiger partial charge on any atom is -0.364 e. The second-order valence-corrected chi connectivity index (χ2v) is 2.29. The molecule has 0 N–H and O–H groups in total. The Labute approximate surface area is 52.2 Å². The second kappa shape index (κ2) is 2.77. The van der Waals surface area contributed by atoms with Crippen LogP contribution in [0.15, 0.2) is 16.9 Å². The highest BCUT2D eigenvalue weighted by Gasteiger charge is 1.90. The van der Waals surface area contributed by atoms with E-state index in [9.17, 15) is 0 Å². The van der Waals surface area contributed by atoms with Gasteiger partial charge < -0.3 is 4.52 Å². The molecule has 0 aliphatic heterocycles. The van der Waals surface area contributed by atoms with E-state index >= 15 is 0 Å². The number of thioether (sulfide) groups is 1. The van der Waals surface area contributed by atoms with Gasteiger partial charge in [0.1, 0.15) is 6.26 Å². The molecule has 0 aliphatic rings.